The summed E-state index contributed by atoms with van der Waals surface area (Å²) >= 11 is 0. The summed E-state index contributed by atoms with van der Waals surface area (Å²) in [5.74, 6) is -1.07. The van der Waals surface area contributed by atoms with Crippen molar-refractivity contribution in [1.29, 1.82) is 0 Å². The van der Waals surface area contributed by atoms with Gasteiger partial charge in [-0.05, 0) is 19.1 Å². The monoisotopic (exact) mass is 207 g/mol. The SMILES string of the molecule is CC(C(=O)O)n1c(=O)[nH]c2cccnc21. The Morgan fingerprint density at radius 1 is 1.67 bits per heavy atom. The summed E-state index contributed by atoms with van der Waals surface area (Å²) in [5.41, 5.74) is 0.437. The number of aromatic nitrogens is 3. The number of carboxylic acid groups (broad SMARTS) is 1. The van der Waals surface area contributed by atoms with Gasteiger partial charge in [0.1, 0.15) is 6.04 Å². The van der Waals surface area contributed by atoms with Crippen LogP contribution in [0.15, 0.2) is 23.1 Å². The van der Waals surface area contributed by atoms with Crippen molar-refractivity contribution in [2.24, 2.45) is 0 Å². The summed E-state index contributed by atoms with van der Waals surface area (Å²) in [6.07, 6.45) is 1.51. The van der Waals surface area contributed by atoms with Crippen LogP contribution in [-0.2, 0) is 4.79 Å². The van der Waals surface area contributed by atoms with E-state index in [1.807, 2.05) is 0 Å². The molecule has 0 amide bonds. The van der Waals surface area contributed by atoms with Crippen molar-refractivity contribution in [3.63, 3.8) is 0 Å². The fourth-order valence-corrected chi connectivity index (χ4v) is 1.43. The normalized spacial score (nSPS) is 12.9. The van der Waals surface area contributed by atoms with E-state index in [-0.39, 0.29) is 0 Å². The van der Waals surface area contributed by atoms with Crippen molar-refractivity contribution < 1.29 is 9.90 Å². The van der Waals surface area contributed by atoms with Gasteiger partial charge in [-0.3, -0.25) is 4.57 Å². The molecule has 78 valence electrons. The number of imidazole rings is 1. The molecule has 0 spiro atoms. The van der Waals surface area contributed by atoms with Gasteiger partial charge < -0.3 is 10.1 Å². The zero-order chi connectivity index (χ0) is 11.0. The second-order valence-corrected chi connectivity index (χ2v) is 3.19. The van der Waals surface area contributed by atoms with Crippen LogP contribution in [0.4, 0.5) is 0 Å². The number of nitrogens with zero attached hydrogens (tertiary/aromatic N) is 2. The minimum atomic E-state index is -1.07. The maximum Gasteiger partial charge on any atom is 0.328 e. The molecule has 2 N–H and O–H groups in total. The van der Waals surface area contributed by atoms with Gasteiger partial charge in [0.05, 0.1) is 5.52 Å². The lowest BCUT2D eigenvalue weighted by Gasteiger charge is -2.06. The van der Waals surface area contributed by atoms with Gasteiger partial charge in [0, 0.05) is 6.20 Å². The molecule has 1 unspecified atom stereocenters. The van der Waals surface area contributed by atoms with Gasteiger partial charge >= 0.3 is 11.7 Å². The van der Waals surface area contributed by atoms with Gasteiger partial charge in [-0.15, -0.1) is 0 Å². The summed E-state index contributed by atoms with van der Waals surface area (Å²) in [6, 6.07) is 2.42. The molecule has 0 saturated heterocycles. The van der Waals surface area contributed by atoms with Gasteiger partial charge in [0.25, 0.3) is 0 Å². The van der Waals surface area contributed by atoms with E-state index in [2.05, 4.69) is 9.97 Å². The van der Waals surface area contributed by atoms with E-state index in [1.54, 1.807) is 12.1 Å². The Labute approximate surface area is 84.2 Å². The topological polar surface area (TPSA) is 88.0 Å². The van der Waals surface area contributed by atoms with Crippen molar-refractivity contribution in [2.75, 3.05) is 0 Å². The van der Waals surface area contributed by atoms with E-state index in [0.717, 1.165) is 4.57 Å². The van der Waals surface area contributed by atoms with Crippen LogP contribution in [0.25, 0.3) is 11.2 Å². The summed E-state index contributed by atoms with van der Waals surface area (Å²) in [4.78, 5) is 28.8. The molecule has 0 aromatic carbocycles. The Hall–Kier alpha value is -2.11. The summed E-state index contributed by atoms with van der Waals surface area (Å²) in [5, 5.41) is 8.84. The number of rotatable bonds is 2. The van der Waals surface area contributed by atoms with E-state index in [9.17, 15) is 9.59 Å². The number of carbonyl (C=O) groups is 1. The third-order valence-electron chi connectivity index (χ3n) is 2.22. The molecule has 6 heteroatoms. The molecule has 15 heavy (non-hydrogen) atoms. The van der Waals surface area contributed by atoms with Gasteiger partial charge in [-0.25, -0.2) is 14.6 Å². The number of hydrogen-bond donors (Lipinski definition) is 2. The largest absolute Gasteiger partial charge is 0.480 e. The highest BCUT2D eigenvalue weighted by molar-refractivity contribution is 5.76. The zero-order valence-corrected chi connectivity index (χ0v) is 7.97. The molecule has 2 aromatic rings. The third-order valence-corrected chi connectivity index (χ3v) is 2.22. The number of carboxylic acids is 1. The first-order chi connectivity index (χ1) is 7.11. The van der Waals surface area contributed by atoms with E-state index >= 15 is 0 Å². The Bertz CT molecular complexity index is 569. The van der Waals surface area contributed by atoms with Gasteiger partial charge in [0.15, 0.2) is 5.65 Å². The molecule has 2 rings (SSSR count). The van der Waals surface area contributed by atoms with E-state index in [1.165, 1.54) is 13.1 Å². The first kappa shape index (κ1) is 9.45. The second-order valence-electron chi connectivity index (χ2n) is 3.19. The number of aliphatic carboxylic acids is 1. The molecule has 2 aromatic heterocycles. The van der Waals surface area contributed by atoms with Gasteiger partial charge in [0.2, 0.25) is 0 Å². The lowest BCUT2D eigenvalue weighted by atomic mass is 10.3. The standard InChI is InChI=1S/C9H9N3O3/c1-5(8(13)14)12-7-6(11-9(12)15)3-2-4-10-7/h2-5H,1H3,(H,11,15)(H,13,14). The van der Waals surface area contributed by atoms with Crippen LogP contribution < -0.4 is 5.69 Å². The lowest BCUT2D eigenvalue weighted by molar-refractivity contribution is -0.140. The first-order valence-electron chi connectivity index (χ1n) is 4.39. The fourth-order valence-electron chi connectivity index (χ4n) is 1.43. The van der Waals surface area contributed by atoms with Gasteiger partial charge in [-0.1, -0.05) is 0 Å². The number of hydrogen-bond acceptors (Lipinski definition) is 3. The Kier molecular flexibility index (Phi) is 2.03. The molecule has 2 heterocycles. The quantitative estimate of drug-likeness (QED) is 0.744. The molecule has 0 fully saturated rings. The molecule has 0 saturated carbocycles. The summed E-state index contributed by atoms with van der Waals surface area (Å²) < 4.78 is 1.12. The molecular weight excluding hydrogens is 198 g/mol. The Morgan fingerprint density at radius 3 is 3.07 bits per heavy atom. The van der Waals surface area contributed by atoms with Crippen LogP contribution in [0.1, 0.15) is 13.0 Å². The minimum absolute atomic E-state index is 0.359. The van der Waals surface area contributed by atoms with E-state index < -0.39 is 17.7 Å². The summed E-state index contributed by atoms with van der Waals surface area (Å²) in [6.45, 7) is 1.44. The van der Waals surface area contributed by atoms with Crippen LogP contribution in [0.2, 0.25) is 0 Å². The van der Waals surface area contributed by atoms with E-state index in [0.29, 0.717) is 11.2 Å². The van der Waals surface area contributed by atoms with Crippen molar-refractivity contribution in [3.05, 3.63) is 28.8 Å². The lowest BCUT2D eigenvalue weighted by Crippen LogP contribution is -2.26. The highest BCUT2D eigenvalue weighted by atomic mass is 16.4. The average Bonchev–Trinajstić information content (AvgIpc) is 2.52. The molecule has 0 aliphatic heterocycles. The fraction of sp³-hybridized carbons (Fsp3) is 0.222. The first-order valence-corrected chi connectivity index (χ1v) is 4.39. The maximum absolute atomic E-state index is 11.5. The minimum Gasteiger partial charge on any atom is -0.480 e. The second kappa shape index (κ2) is 3.23. The molecular formula is C9H9N3O3. The molecule has 0 bridgehead atoms. The van der Waals surface area contributed by atoms with Gasteiger partial charge in [-0.2, -0.15) is 0 Å². The molecule has 6 nitrogen and oxygen atoms in total. The third kappa shape index (κ3) is 1.39. The zero-order valence-electron chi connectivity index (χ0n) is 7.97. The van der Waals surface area contributed by atoms with Crippen molar-refractivity contribution in [2.45, 2.75) is 13.0 Å². The Morgan fingerprint density at radius 2 is 2.40 bits per heavy atom. The molecule has 0 radical (unpaired) electrons. The number of aromatic amines is 1. The number of H-pyrrole nitrogens is 1. The van der Waals surface area contributed by atoms with Crippen LogP contribution >= 0.6 is 0 Å². The number of fused-ring (bicyclic) bond motifs is 1. The van der Waals surface area contributed by atoms with Crippen molar-refractivity contribution in [1.82, 2.24) is 14.5 Å². The highest BCUT2D eigenvalue weighted by Crippen LogP contribution is 2.11. The van der Waals surface area contributed by atoms with E-state index in [4.69, 9.17) is 5.11 Å². The number of nitrogens with one attached hydrogen (secondary N) is 1. The Balaban J connectivity index is 2.74. The molecule has 0 aliphatic carbocycles. The van der Waals surface area contributed by atoms with Crippen molar-refractivity contribution >= 4 is 17.1 Å². The molecule has 0 aliphatic rings. The number of pyridine rings is 1. The summed E-state index contributed by atoms with van der Waals surface area (Å²) in [7, 11) is 0. The highest BCUT2D eigenvalue weighted by Gasteiger charge is 2.19. The average molecular weight is 207 g/mol. The van der Waals surface area contributed by atoms with Crippen LogP contribution in [0.3, 0.4) is 0 Å². The predicted molar refractivity (Wildman–Crippen MR) is 52.7 cm³/mol. The smallest absolute Gasteiger partial charge is 0.328 e. The maximum atomic E-state index is 11.5. The van der Waals surface area contributed by atoms with Crippen LogP contribution in [0, 0.1) is 0 Å². The van der Waals surface area contributed by atoms with Crippen LogP contribution in [-0.4, -0.2) is 25.6 Å². The van der Waals surface area contributed by atoms with Crippen molar-refractivity contribution in [3.8, 4) is 0 Å². The van der Waals surface area contributed by atoms with Crippen LogP contribution in [0.5, 0.6) is 0 Å². The molecule has 1 atom stereocenters. The predicted octanol–water partition coefficient (Wildman–Crippen LogP) is 0.370.